The van der Waals surface area contributed by atoms with E-state index in [0.717, 1.165) is 29.8 Å². The minimum atomic E-state index is -4.12. The number of aromatic nitrogens is 2. The SMILES string of the molecule is COC(=O)c1ccccc1S(=O)(=O)N(C[C@H]1CCC2=C1[C@@H](C)c1cnn(-c3ccc(F)cc3)c1C2)C[C@@H](C)O. The van der Waals surface area contributed by atoms with Crippen LogP contribution in [0.5, 0.6) is 0 Å². The molecule has 39 heavy (non-hydrogen) atoms. The van der Waals surface area contributed by atoms with Crippen molar-refractivity contribution in [2.45, 2.75) is 50.0 Å². The van der Waals surface area contributed by atoms with Crippen LogP contribution in [0.25, 0.3) is 5.69 Å². The number of halogens is 1. The summed E-state index contributed by atoms with van der Waals surface area (Å²) in [5.41, 5.74) is 5.38. The number of hydrogen-bond acceptors (Lipinski definition) is 6. The third-order valence-corrected chi connectivity index (χ3v) is 9.62. The van der Waals surface area contributed by atoms with Crippen molar-refractivity contribution >= 4 is 16.0 Å². The molecule has 0 radical (unpaired) electrons. The van der Waals surface area contributed by atoms with Crippen molar-refractivity contribution in [3.8, 4) is 5.69 Å². The molecule has 8 nitrogen and oxygen atoms in total. The Bertz CT molecular complexity index is 1530. The molecule has 0 saturated carbocycles. The topological polar surface area (TPSA) is 102 Å². The van der Waals surface area contributed by atoms with E-state index in [1.807, 2.05) is 10.9 Å². The second kappa shape index (κ2) is 10.7. The zero-order valence-corrected chi connectivity index (χ0v) is 23.0. The quantitative estimate of drug-likeness (QED) is 0.331. The fraction of sp³-hybridized carbons (Fsp3) is 0.379. The van der Waals surface area contributed by atoms with Gasteiger partial charge >= 0.3 is 5.97 Å². The Morgan fingerprint density at radius 2 is 1.95 bits per heavy atom. The maximum absolute atomic E-state index is 13.9. The van der Waals surface area contributed by atoms with Crippen LogP contribution in [0.4, 0.5) is 4.39 Å². The van der Waals surface area contributed by atoms with E-state index in [9.17, 15) is 22.7 Å². The lowest BCUT2D eigenvalue weighted by atomic mass is 9.80. The van der Waals surface area contributed by atoms with Crippen molar-refractivity contribution in [1.29, 1.82) is 0 Å². The Morgan fingerprint density at radius 1 is 1.23 bits per heavy atom. The fourth-order valence-corrected chi connectivity index (χ4v) is 7.74. The maximum atomic E-state index is 13.9. The van der Waals surface area contributed by atoms with E-state index in [0.29, 0.717) is 6.42 Å². The first-order chi connectivity index (χ1) is 18.6. The number of hydrogen-bond donors (Lipinski definition) is 1. The highest BCUT2D eigenvalue weighted by molar-refractivity contribution is 7.89. The van der Waals surface area contributed by atoms with Crippen LogP contribution in [0.3, 0.4) is 0 Å². The predicted molar refractivity (Wildman–Crippen MR) is 144 cm³/mol. The molecule has 10 heteroatoms. The predicted octanol–water partition coefficient (Wildman–Crippen LogP) is 4.24. The average molecular weight is 554 g/mol. The number of benzene rings is 2. The van der Waals surface area contributed by atoms with Gasteiger partial charge in [0.05, 0.1) is 41.3 Å². The number of carbonyl (C=O) groups is 1. The van der Waals surface area contributed by atoms with E-state index in [-0.39, 0.29) is 41.2 Å². The summed E-state index contributed by atoms with van der Waals surface area (Å²) < 4.78 is 49.2. The highest BCUT2D eigenvalue weighted by Gasteiger charge is 2.39. The number of ether oxygens (including phenoxy) is 1. The van der Waals surface area contributed by atoms with Crippen molar-refractivity contribution in [1.82, 2.24) is 14.1 Å². The Hall–Kier alpha value is -3.34. The molecule has 1 aromatic heterocycles. The Labute approximate surface area is 227 Å². The number of sulfonamides is 1. The van der Waals surface area contributed by atoms with Crippen molar-refractivity contribution < 1.29 is 27.4 Å². The number of esters is 1. The summed E-state index contributed by atoms with van der Waals surface area (Å²) in [6, 6.07) is 12.2. The number of fused-ring (bicyclic) bond motifs is 1. The van der Waals surface area contributed by atoms with Crippen LogP contribution in [-0.4, -0.2) is 59.9 Å². The molecule has 0 unspecified atom stereocenters. The summed E-state index contributed by atoms with van der Waals surface area (Å²) in [5.74, 6) is -1.05. The van der Waals surface area contributed by atoms with Gasteiger partial charge in [-0.05, 0) is 62.1 Å². The van der Waals surface area contributed by atoms with Gasteiger partial charge in [-0.2, -0.15) is 9.40 Å². The Morgan fingerprint density at radius 3 is 2.64 bits per heavy atom. The van der Waals surface area contributed by atoms with Crippen molar-refractivity contribution in [2.75, 3.05) is 20.2 Å². The zero-order chi connectivity index (χ0) is 27.9. The number of carbonyl (C=O) groups excluding carboxylic acids is 1. The number of aliphatic hydroxyl groups is 1. The van der Waals surface area contributed by atoms with Crippen LogP contribution in [0.2, 0.25) is 0 Å². The molecule has 206 valence electrons. The first-order valence-electron chi connectivity index (χ1n) is 13.0. The van der Waals surface area contributed by atoms with Crippen LogP contribution in [-0.2, 0) is 21.2 Å². The lowest BCUT2D eigenvalue weighted by Crippen LogP contribution is -2.40. The number of rotatable bonds is 8. The van der Waals surface area contributed by atoms with E-state index in [1.54, 1.807) is 31.2 Å². The molecule has 2 aromatic carbocycles. The molecule has 1 heterocycles. The van der Waals surface area contributed by atoms with Crippen molar-refractivity contribution in [3.63, 3.8) is 0 Å². The van der Waals surface area contributed by atoms with Crippen LogP contribution in [0.15, 0.2) is 70.8 Å². The number of allylic oxidation sites excluding steroid dienone is 1. The van der Waals surface area contributed by atoms with Crippen LogP contribution in [0, 0.1) is 11.7 Å². The average Bonchev–Trinajstić information content (AvgIpc) is 3.53. The van der Waals surface area contributed by atoms with Crippen LogP contribution in [0.1, 0.15) is 54.2 Å². The Kier molecular flexibility index (Phi) is 7.45. The van der Waals surface area contributed by atoms with Gasteiger partial charge < -0.3 is 9.84 Å². The van der Waals surface area contributed by atoms with E-state index in [1.165, 1.54) is 46.8 Å². The number of nitrogens with zero attached hydrogens (tertiary/aromatic N) is 3. The highest BCUT2D eigenvalue weighted by Crippen LogP contribution is 2.47. The summed E-state index contributed by atoms with van der Waals surface area (Å²) in [7, 11) is -2.91. The molecule has 5 rings (SSSR count). The monoisotopic (exact) mass is 553 g/mol. The molecular weight excluding hydrogens is 521 g/mol. The summed E-state index contributed by atoms with van der Waals surface area (Å²) in [6.45, 7) is 3.75. The minimum Gasteiger partial charge on any atom is -0.465 e. The van der Waals surface area contributed by atoms with E-state index in [2.05, 4.69) is 12.0 Å². The van der Waals surface area contributed by atoms with Gasteiger partial charge in [0.15, 0.2) is 0 Å². The van der Waals surface area contributed by atoms with Gasteiger partial charge in [0.1, 0.15) is 5.82 Å². The normalized spacial score (nSPS) is 19.6. The lowest BCUT2D eigenvalue weighted by molar-refractivity contribution is 0.0596. The summed E-state index contributed by atoms with van der Waals surface area (Å²) in [4.78, 5) is 12.2. The lowest BCUT2D eigenvalue weighted by Gasteiger charge is -2.31. The zero-order valence-electron chi connectivity index (χ0n) is 22.2. The molecule has 1 N–H and O–H groups in total. The smallest absolute Gasteiger partial charge is 0.339 e. The highest BCUT2D eigenvalue weighted by atomic mass is 32.2. The maximum Gasteiger partial charge on any atom is 0.339 e. The molecule has 0 saturated heterocycles. The van der Waals surface area contributed by atoms with Gasteiger partial charge in [0.2, 0.25) is 10.0 Å². The molecule has 0 aliphatic heterocycles. The first kappa shape index (κ1) is 27.2. The largest absolute Gasteiger partial charge is 0.465 e. The molecule has 2 aliphatic rings. The van der Waals surface area contributed by atoms with E-state index < -0.39 is 22.1 Å². The molecular formula is C29H32FN3O5S. The van der Waals surface area contributed by atoms with Gasteiger partial charge in [-0.3, -0.25) is 0 Å². The van der Waals surface area contributed by atoms with E-state index >= 15 is 0 Å². The van der Waals surface area contributed by atoms with Gasteiger partial charge in [0, 0.05) is 31.0 Å². The number of aliphatic hydroxyl groups excluding tert-OH is 1. The standard InChI is InChI=1S/C29H32FN3O5S/c1-18(34)16-32(39(36,37)27-7-5-4-6-24(27)29(35)38-3)17-21-9-8-20-14-26-25(19(2)28(20)21)15-31-33(26)23-12-10-22(30)11-13-23/h4-7,10-13,15,18-19,21,34H,8-9,14,16-17H2,1-3H3/t18-,19+,21-/m1/s1. The third-order valence-electron chi connectivity index (χ3n) is 7.73. The van der Waals surface area contributed by atoms with Crippen molar-refractivity contribution in [3.05, 3.63) is 88.5 Å². The van der Waals surface area contributed by atoms with Gasteiger partial charge in [-0.25, -0.2) is 22.3 Å². The van der Waals surface area contributed by atoms with Crippen LogP contribution >= 0.6 is 0 Å². The molecule has 0 fully saturated rings. The second-order valence-electron chi connectivity index (χ2n) is 10.3. The molecule has 3 atom stereocenters. The minimum absolute atomic E-state index is 0.0314. The second-order valence-corrected chi connectivity index (χ2v) is 12.2. The van der Waals surface area contributed by atoms with E-state index in [4.69, 9.17) is 4.74 Å². The molecule has 0 amide bonds. The van der Waals surface area contributed by atoms with Crippen LogP contribution < -0.4 is 0 Å². The Balaban J connectivity index is 1.46. The van der Waals surface area contributed by atoms with Gasteiger partial charge in [-0.1, -0.05) is 30.2 Å². The molecule has 2 aliphatic carbocycles. The molecule has 3 aromatic rings. The fourth-order valence-electron chi connectivity index (χ4n) is 6.00. The van der Waals surface area contributed by atoms with Gasteiger partial charge in [-0.15, -0.1) is 0 Å². The summed E-state index contributed by atoms with van der Waals surface area (Å²) in [6.07, 6.45) is 3.26. The summed E-state index contributed by atoms with van der Waals surface area (Å²) >= 11 is 0. The number of methoxy groups -OCH3 is 1. The molecule has 0 spiro atoms. The first-order valence-corrected chi connectivity index (χ1v) is 14.5. The molecule has 0 bridgehead atoms. The summed E-state index contributed by atoms with van der Waals surface area (Å²) in [5, 5.41) is 14.8. The van der Waals surface area contributed by atoms with Gasteiger partial charge in [0.25, 0.3) is 0 Å². The van der Waals surface area contributed by atoms with Crippen molar-refractivity contribution in [2.24, 2.45) is 5.92 Å². The third kappa shape index (κ3) is 5.04.